The van der Waals surface area contributed by atoms with Crippen molar-refractivity contribution in [3.05, 3.63) is 47.8 Å². The summed E-state index contributed by atoms with van der Waals surface area (Å²) in [5, 5.41) is 13.5. The number of carbonyl (C=O) groups is 2. The van der Waals surface area contributed by atoms with Crippen molar-refractivity contribution in [2.24, 2.45) is 0 Å². The van der Waals surface area contributed by atoms with Gasteiger partial charge in [0, 0.05) is 12.7 Å². The molecule has 0 radical (unpaired) electrons. The van der Waals surface area contributed by atoms with Crippen LogP contribution in [0.5, 0.6) is 0 Å². The highest BCUT2D eigenvalue weighted by Crippen LogP contribution is 2.27. The van der Waals surface area contributed by atoms with Gasteiger partial charge in [0.05, 0.1) is 12.3 Å². The van der Waals surface area contributed by atoms with Crippen LogP contribution in [0.25, 0.3) is 22.6 Å². The number of benzene rings is 2. The third-order valence-electron chi connectivity index (χ3n) is 3.94. The fourth-order valence-electron chi connectivity index (χ4n) is 2.57. The molecule has 0 saturated heterocycles. The number of methoxy groups -OCH3 is 1. The molecule has 0 aliphatic rings. The van der Waals surface area contributed by atoms with Gasteiger partial charge in [-0.1, -0.05) is 6.07 Å². The minimum Gasteiger partial charge on any atom is -0.480 e. The Hall–Kier alpha value is -3.46. The summed E-state index contributed by atoms with van der Waals surface area (Å²) in [6, 6.07) is 7.48. The highest BCUT2D eigenvalue weighted by atomic mass is 19.1. The van der Waals surface area contributed by atoms with Crippen LogP contribution in [0.2, 0.25) is 0 Å². The number of hydrogen-bond donors (Lipinski definition) is 3. The van der Waals surface area contributed by atoms with Crippen LogP contribution in [0.4, 0.5) is 14.9 Å². The van der Waals surface area contributed by atoms with Gasteiger partial charge in [-0.3, -0.25) is 0 Å². The van der Waals surface area contributed by atoms with E-state index in [2.05, 4.69) is 15.6 Å². The lowest BCUT2D eigenvalue weighted by Gasteiger charge is -2.14. The maximum Gasteiger partial charge on any atom is 0.328 e. The fraction of sp³-hybridized carbons (Fsp3) is 0.211. The maximum atomic E-state index is 14.4. The van der Waals surface area contributed by atoms with Crippen molar-refractivity contribution < 1.29 is 28.2 Å². The number of rotatable bonds is 6. The van der Waals surface area contributed by atoms with Gasteiger partial charge >= 0.3 is 12.0 Å². The number of aromatic nitrogens is 1. The van der Waals surface area contributed by atoms with Crippen LogP contribution in [0.3, 0.4) is 0 Å². The molecule has 3 aromatic rings. The molecule has 9 heteroatoms. The summed E-state index contributed by atoms with van der Waals surface area (Å²) in [7, 11) is 1.31. The van der Waals surface area contributed by atoms with Crippen molar-refractivity contribution in [3.8, 4) is 11.5 Å². The van der Waals surface area contributed by atoms with Crippen molar-refractivity contribution in [1.29, 1.82) is 0 Å². The summed E-state index contributed by atoms with van der Waals surface area (Å²) in [5.74, 6) is -1.73. The number of aliphatic carboxylic acids is 1. The third-order valence-corrected chi connectivity index (χ3v) is 3.94. The number of carboxylic acids is 1. The molecule has 2 amide bonds. The lowest BCUT2D eigenvalue weighted by molar-refractivity contribution is -0.140. The van der Waals surface area contributed by atoms with Crippen molar-refractivity contribution in [1.82, 2.24) is 10.3 Å². The quantitative estimate of drug-likeness (QED) is 0.599. The van der Waals surface area contributed by atoms with Gasteiger partial charge in [0.25, 0.3) is 0 Å². The molecule has 0 aliphatic heterocycles. The molecule has 0 bridgehead atoms. The lowest BCUT2D eigenvalue weighted by atomic mass is 10.2. The second-order valence-corrected chi connectivity index (χ2v) is 6.13. The molecule has 0 spiro atoms. The van der Waals surface area contributed by atoms with Crippen molar-refractivity contribution in [3.63, 3.8) is 0 Å². The molecular formula is C19H18FN3O5. The number of carbonyl (C=O) groups excluding carboxylic acids is 1. The number of urea groups is 1. The summed E-state index contributed by atoms with van der Waals surface area (Å²) < 4.78 is 24.8. The Morgan fingerprint density at radius 3 is 2.75 bits per heavy atom. The number of halogens is 1. The van der Waals surface area contributed by atoms with Gasteiger partial charge in [-0.2, -0.15) is 0 Å². The van der Waals surface area contributed by atoms with Crippen LogP contribution >= 0.6 is 0 Å². The van der Waals surface area contributed by atoms with Crippen LogP contribution < -0.4 is 10.6 Å². The predicted octanol–water partition coefficient (Wildman–Crippen LogP) is 3.16. The number of fused-ring (bicyclic) bond motifs is 1. The zero-order chi connectivity index (χ0) is 20.3. The van der Waals surface area contributed by atoms with Crippen LogP contribution in [-0.4, -0.2) is 41.8 Å². The topological polar surface area (TPSA) is 114 Å². The summed E-state index contributed by atoms with van der Waals surface area (Å²) >= 11 is 0. The fourth-order valence-corrected chi connectivity index (χ4v) is 2.57. The summed E-state index contributed by atoms with van der Waals surface area (Å²) in [6.45, 7) is 1.71. The number of carboxylic acid groups (broad SMARTS) is 1. The Labute approximate surface area is 159 Å². The summed E-state index contributed by atoms with van der Waals surface area (Å²) in [4.78, 5) is 27.3. The van der Waals surface area contributed by atoms with Gasteiger partial charge in [0.15, 0.2) is 11.6 Å². The lowest BCUT2D eigenvalue weighted by Crippen LogP contribution is -2.45. The molecule has 0 fully saturated rings. The average Bonchev–Trinajstić information content (AvgIpc) is 3.06. The number of nitrogens with one attached hydrogen (secondary N) is 2. The van der Waals surface area contributed by atoms with Crippen molar-refractivity contribution in [2.75, 3.05) is 19.0 Å². The number of aryl methyl sites for hydroxylation is 1. The van der Waals surface area contributed by atoms with Crippen LogP contribution in [-0.2, 0) is 9.53 Å². The second kappa shape index (κ2) is 8.05. The molecular weight excluding hydrogens is 369 g/mol. The van der Waals surface area contributed by atoms with E-state index in [4.69, 9.17) is 14.3 Å². The van der Waals surface area contributed by atoms with E-state index in [0.717, 1.165) is 5.56 Å². The molecule has 8 nitrogen and oxygen atoms in total. The summed E-state index contributed by atoms with van der Waals surface area (Å²) in [6.07, 6.45) is 0. The number of hydrogen-bond acceptors (Lipinski definition) is 5. The largest absolute Gasteiger partial charge is 0.480 e. The molecule has 3 N–H and O–H groups in total. The van der Waals surface area contributed by atoms with Gasteiger partial charge in [0.1, 0.15) is 11.3 Å². The van der Waals surface area contributed by atoms with Crippen molar-refractivity contribution in [2.45, 2.75) is 13.0 Å². The van der Waals surface area contributed by atoms with Crippen LogP contribution in [0.1, 0.15) is 5.56 Å². The van der Waals surface area contributed by atoms with E-state index in [9.17, 15) is 14.0 Å². The first kappa shape index (κ1) is 19.3. The van der Waals surface area contributed by atoms with E-state index in [1.807, 2.05) is 19.1 Å². The first-order valence-electron chi connectivity index (χ1n) is 8.33. The predicted molar refractivity (Wildman–Crippen MR) is 99.6 cm³/mol. The smallest absolute Gasteiger partial charge is 0.328 e. The standard InChI is InChI=1S/C19H18FN3O5/c1-10-3-6-16-14(7-10)21-17(28-16)11-4-5-13(12(20)8-11)22-19(26)23-15(9-27-2)18(24)25/h3-8,15H,9H2,1-2H3,(H,24,25)(H2,22,23,26)/t15-/m0/s1. The summed E-state index contributed by atoms with van der Waals surface area (Å²) in [5.41, 5.74) is 2.56. The third kappa shape index (κ3) is 4.26. The van der Waals surface area contributed by atoms with E-state index in [-0.39, 0.29) is 18.2 Å². The van der Waals surface area contributed by atoms with E-state index in [1.54, 1.807) is 12.1 Å². The molecule has 146 valence electrons. The monoisotopic (exact) mass is 387 g/mol. The Morgan fingerprint density at radius 1 is 1.29 bits per heavy atom. The Kier molecular flexibility index (Phi) is 5.55. The molecule has 3 rings (SSSR count). The number of oxazole rings is 1. The molecule has 1 aromatic heterocycles. The minimum atomic E-state index is -1.26. The first-order valence-corrected chi connectivity index (χ1v) is 8.33. The van der Waals surface area contributed by atoms with E-state index < -0.39 is 23.9 Å². The number of anilines is 1. The molecule has 28 heavy (non-hydrogen) atoms. The van der Waals surface area contributed by atoms with E-state index in [1.165, 1.54) is 19.2 Å². The average molecular weight is 387 g/mol. The molecule has 1 heterocycles. The van der Waals surface area contributed by atoms with Gasteiger partial charge in [0.2, 0.25) is 5.89 Å². The number of nitrogens with zero attached hydrogens (tertiary/aromatic N) is 1. The molecule has 2 aromatic carbocycles. The Balaban J connectivity index is 1.76. The zero-order valence-electron chi connectivity index (χ0n) is 15.2. The Morgan fingerprint density at radius 2 is 2.07 bits per heavy atom. The second-order valence-electron chi connectivity index (χ2n) is 6.13. The maximum absolute atomic E-state index is 14.4. The number of ether oxygens (including phenoxy) is 1. The first-order chi connectivity index (χ1) is 13.4. The van der Waals surface area contributed by atoms with Gasteiger partial charge in [-0.15, -0.1) is 0 Å². The zero-order valence-corrected chi connectivity index (χ0v) is 15.2. The normalized spacial score (nSPS) is 12.0. The highest BCUT2D eigenvalue weighted by Gasteiger charge is 2.20. The van der Waals surface area contributed by atoms with Gasteiger partial charge < -0.3 is 24.9 Å². The van der Waals surface area contributed by atoms with Gasteiger partial charge in [-0.25, -0.2) is 19.0 Å². The van der Waals surface area contributed by atoms with Crippen LogP contribution in [0, 0.1) is 12.7 Å². The number of amides is 2. The van der Waals surface area contributed by atoms with E-state index >= 15 is 0 Å². The van der Waals surface area contributed by atoms with Crippen LogP contribution in [0.15, 0.2) is 40.8 Å². The van der Waals surface area contributed by atoms with E-state index in [0.29, 0.717) is 16.7 Å². The Bertz CT molecular complexity index is 1030. The molecule has 0 saturated carbocycles. The molecule has 0 aliphatic carbocycles. The molecule has 0 unspecified atom stereocenters. The molecule has 1 atom stereocenters. The highest BCUT2D eigenvalue weighted by molar-refractivity contribution is 5.92. The minimum absolute atomic E-state index is 0.116. The SMILES string of the molecule is COC[C@H](NC(=O)Nc1ccc(-c2nc3cc(C)ccc3o2)cc1F)C(=O)O. The van der Waals surface area contributed by atoms with Gasteiger partial charge in [-0.05, 0) is 42.8 Å². The van der Waals surface area contributed by atoms with Crippen molar-refractivity contribution >= 4 is 28.8 Å².